The number of ketones is 1. The van der Waals surface area contributed by atoms with Crippen molar-refractivity contribution in [1.82, 2.24) is 0 Å². The average Bonchev–Trinajstić information content (AvgIpc) is 2.84. The monoisotopic (exact) mass is 344 g/mol. The largest absolute Gasteiger partial charge is 0.493 e. The molecular formula is C13H10BrFO3S. The van der Waals surface area contributed by atoms with Crippen molar-refractivity contribution in [2.75, 3.05) is 14.2 Å². The van der Waals surface area contributed by atoms with Crippen molar-refractivity contribution in [2.45, 2.75) is 0 Å². The highest BCUT2D eigenvalue weighted by molar-refractivity contribution is 9.11. The van der Waals surface area contributed by atoms with Crippen molar-refractivity contribution in [1.29, 1.82) is 0 Å². The first-order chi connectivity index (χ1) is 9.06. The summed E-state index contributed by atoms with van der Waals surface area (Å²) in [6.07, 6.45) is 0. The fourth-order valence-electron chi connectivity index (χ4n) is 1.61. The lowest BCUT2D eigenvalue weighted by molar-refractivity contribution is 0.103. The molecule has 0 spiro atoms. The van der Waals surface area contributed by atoms with Crippen LogP contribution in [0.4, 0.5) is 4.39 Å². The van der Waals surface area contributed by atoms with Gasteiger partial charge in [0.05, 0.1) is 23.6 Å². The zero-order valence-corrected chi connectivity index (χ0v) is 12.6. The van der Waals surface area contributed by atoms with Crippen LogP contribution in [-0.4, -0.2) is 20.0 Å². The topological polar surface area (TPSA) is 35.5 Å². The van der Waals surface area contributed by atoms with E-state index in [9.17, 15) is 9.18 Å². The molecular weight excluding hydrogens is 335 g/mol. The van der Waals surface area contributed by atoms with Gasteiger partial charge in [-0.05, 0) is 28.1 Å². The fourth-order valence-corrected chi connectivity index (χ4v) is 2.75. The summed E-state index contributed by atoms with van der Waals surface area (Å²) >= 11 is 4.64. The summed E-state index contributed by atoms with van der Waals surface area (Å²) in [5, 5.41) is 1.67. The van der Waals surface area contributed by atoms with E-state index in [0.717, 1.165) is 9.85 Å². The van der Waals surface area contributed by atoms with Crippen molar-refractivity contribution in [3.63, 3.8) is 0 Å². The van der Waals surface area contributed by atoms with Crippen LogP contribution in [0.3, 0.4) is 0 Å². The minimum absolute atomic E-state index is 0.0389. The summed E-state index contributed by atoms with van der Waals surface area (Å²) in [4.78, 5) is 12.2. The van der Waals surface area contributed by atoms with E-state index in [2.05, 4.69) is 15.9 Å². The van der Waals surface area contributed by atoms with E-state index < -0.39 is 5.82 Å². The molecule has 6 heteroatoms. The highest BCUT2D eigenvalue weighted by Gasteiger charge is 2.19. The van der Waals surface area contributed by atoms with Gasteiger partial charge in [-0.2, -0.15) is 0 Å². The molecule has 100 valence electrons. The molecule has 1 aromatic carbocycles. The molecule has 0 aliphatic carbocycles. The van der Waals surface area contributed by atoms with E-state index in [1.807, 2.05) is 0 Å². The molecule has 0 atom stereocenters. The Bertz CT molecular complexity index is 624. The molecule has 1 heterocycles. The van der Waals surface area contributed by atoms with Crippen LogP contribution in [0.25, 0.3) is 0 Å². The third-order valence-electron chi connectivity index (χ3n) is 2.55. The maximum Gasteiger partial charge on any atom is 0.196 e. The molecule has 0 fully saturated rings. The Morgan fingerprint density at radius 3 is 2.37 bits per heavy atom. The van der Waals surface area contributed by atoms with Gasteiger partial charge in [0, 0.05) is 17.0 Å². The highest BCUT2D eigenvalue weighted by Crippen LogP contribution is 2.31. The Balaban J connectivity index is 2.47. The van der Waals surface area contributed by atoms with Crippen molar-refractivity contribution < 1.29 is 18.7 Å². The Labute approximate surface area is 122 Å². The van der Waals surface area contributed by atoms with Gasteiger partial charge in [-0.25, -0.2) is 4.39 Å². The van der Waals surface area contributed by atoms with Gasteiger partial charge in [-0.15, -0.1) is 11.3 Å². The number of hydrogen-bond acceptors (Lipinski definition) is 4. The lowest BCUT2D eigenvalue weighted by Gasteiger charge is -2.09. The molecule has 19 heavy (non-hydrogen) atoms. The second-order valence-electron chi connectivity index (χ2n) is 3.66. The Morgan fingerprint density at radius 2 is 1.84 bits per heavy atom. The Hall–Kier alpha value is -1.40. The quantitative estimate of drug-likeness (QED) is 0.789. The number of thiophene rings is 1. The summed E-state index contributed by atoms with van der Waals surface area (Å²) < 4.78 is 24.8. The number of carbonyl (C=O) groups excluding carboxylic acids is 1. The third-order valence-corrected chi connectivity index (χ3v) is 4.05. The zero-order valence-electron chi connectivity index (χ0n) is 10.2. The molecule has 1 aromatic heterocycles. The van der Waals surface area contributed by atoms with Crippen LogP contribution in [0.15, 0.2) is 27.4 Å². The SMILES string of the molecule is COc1cc(F)c(C(=O)c2csc(Br)c2)cc1OC. The first kappa shape index (κ1) is 14.0. The summed E-state index contributed by atoms with van der Waals surface area (Å²) in [6.45, 7) is 0. The van der Waals surface area contributed by atoms with Crippen molar-refractivity contribution in [3.8, 4) is 11.5 Å². The molecule has 0 radical (unpaired) electrons. The van der Waals surface area contributed by atoms with Crippen molar-refractivity contribution in [2.24, 2.45) is 0 Å². The maximum atomic E-state index is 13.9. The molecule has 0 saturated heterocycles. The first-order valence-electron chi connectivity index (χ1n) is 5.27. The minimum atomic E-state index is -0.634. The number of methoxy groups -OCH3 is 2. The lowest BCUT2D eigenvalue weighted by atomic mass is 10.0. The van der Waals surface area contributed by atoms with E-state index in [-0.39, 0.29) is 17.1 Å². The molecule has 2 rings (SSSR count). The maximum absolute atomic E-state index is 13.9. The van der Waals surface area contributed by atoms with Crippen LogP contribution >= 0.6 is 27.3 Å². The number of benzene rings is 1. The second-order valence-corrected chi connectivity index (χ2v) is 5.95. The molecule has 0 aliphatic rings. The highest BCUT2D eigenvalue weighted by atomic mass is 79.9. The normalized spacial score (nSPS) is 10.3. The molecule has 3 nitrogen and oxygen atoms in total. The second kappa shape index (κ2) is 5.71. The summed E-state index contributed by atoms with van der Waals surface area (Å²) in [5.74, 6) is -0.449. The lowest BCUT2D eigenvalue weighted by Crippen LogP contribution is -2.04. The molecule has 0 amide bonds. The molecule has 0 N–H and O–H groups in total. The molecule has 0 unspecified atom stereocenters. The molecule has 0 aliphatic heterocycles. The van der Waals surface area contributed by atoms with E-state index >= 15 is 0 Å². The van der Waals surface area contributed by atoms with Crippen molar-refractivity contribution >= 4 is 33.0 Å². The van der Waals surface area contributed by atoms with Gasteiger partial charge in [0.1, 0.15) is 5.82 Å². The predicted octanol–water partition coefficient (Wildman–Crippen LogP) is 3.90. The first-order valence-corrected chi connectivity index (χ1v) is 6.94. The van der Waals surface area contributed by atoms with Gasteiger partial charge in [0.25, 0.3) is 0 Å². The number of carbonyl (C=O) groups is 1. The zero-order chi connectivity index (χ0) is 14.0. The standard InChI is InChI=1S/C13H10BrFO3S/c1-17-10-4-8(9(15)5-11(10)18-2)13(16)7-3-12(14)19-6-7/h3-6H,1-2H3. The smallest absolute Gasteiger partial charge is 0.196 e. The van der Waals surface area contributed by atoms with Gasteiger partial charge in [0.15, 0.2) is 17.3 Å². The van der Waals surface area contributed by atoms with Gasteiger partial charge in [-0.3, -0.25) is 4.79 Å². The van der Waals surface area contributed by atoms with Gasteiger partial charge >= 0.3 is 0 Å². The van der Waals surface area contributed by atoms with Crippen LogP contribution in [0.1, 0.15) is 15.9 Å². The molecule has 0 saturated carbocycles. The van der Waals surface area contributed by atoms with E-state index in [0.29, 0.717) is 11.3 Å². The fraction of sp³-hybridized carbons (Fsp3) is 0.154. The van der Waals surface area contributed by atoms with E-state index in [1.54, 1.807) is 11.4 Å². The third kappa shape index (κ3) is 2.79. The minimum Gasteiger partial charge on any atom is -0.493 e. The number of hydrogen-bond donors (Lipinski definition) is 0. The summed E-state index contributed by atoms with van der Waals surface area (Å²) in [6, 6.07) is 4.15. The van der Waals surface area contributed by atoms with E-state index in [1.165, 1.54) is 31.6 Å². The van der Waals surface area contributed by atoms with E-state index in [4.69, 9.17) is 9.47 Å². The number of halogens is 2. The van der Waals surface area contributed by atoms with Gasteiger partial charge in [-0.1, -0.05) is 0 Å². The van der Waals surface area contributed by atoms with Crippen LogP contribution in [0.2, 0.25) is 0 Å². The van der Waals surface area contributed by atoms with Crippen LogP contribution < -0.4 is 9.47 Å². The van der Waals surface area contributed by atoms with Crippen LogP contribution in [0.5, 0.6) is 11.5 Å². The van der Waals surface area contributed by atoms with Gasteiger partial charge < -0.3 is 9.47 Å². The van der Waals surface area contributed by atoms with Crippen molar-refractivity contribution in [3.05, 3.63) is 44.3 Å². The number of ether oxygens (including phenoxy) is 2. The Morgan fingerprint density at radius 1 is 1.21 bits per heavy atom. The number of rotatable bonds is 4. The summed E-state index contributed by atoms with van der Waals surface area (Å²) in [5.41, 5.74) is 0.394. The molecule has 0 bridgehead atoms. The van der Waals surface area contributed by atoms with Crippen LogP contribution in [0, 0.1) is 5.82 Å². The van der Waals surface area contributed by atoms with Gasteiger partial charge in [0.2, 0.25) is 0 Å². The Kier molecular flexibility index (Phi) is 4.21. The average molecular weight is 345 g/mol. The van der Waals surface area contributed by atoms with Crippen LogP contribution in [-0.2, 0) is 0 Å². The predicted molar refractivity (Wildman–Crippen MR) is 75.0 cm³/mol. The summed E-state index contributed by atoms with van der Waals surface area (Å²) in [7, 11) is 2.85. The molecule has 2 aromatic rings.